The number of hydrogen-bond acceptors (Lipinski definition) is 0. The molecule has 0 bridgehead atoms. The third-order valence-electron chi connectivity index (χ3n) is 4.61. The third-order valence-corrected chi connectivity index (χ3v) is 4.61. The van der Waals surface area contributed by atoms with Crippen LogP contribution in [0.3, 0.4) is 0 Å². The molecular weight excluding hydrogens is 192 g/mol. The van der Waals surface area contributed by atoms with Gasteiger partial charge in [-0.1, -0.05) is 66.2 Å². The summed E-state index contributed by atoms with van der Waals surface area (Å²) in [5.74, 6) is 3.99. The molecule has 1 aliphatic rings. The highest BCUT2D eigenvalue weighted by Gasteiger charge is 2.24. The second-order valence-corrected chi connectivity index (χ2v) is 6.51. The molecule has 0 aromatic rings. The van der Waals surface area contributed by atoms with Crippen LogP contribution in [0.5, 0.6) is 0 Å². The molecule has 0 saturated heterocycles. The minimum atomic E-state index is 0.892. The van der Waals surface area contributed by atoms with Crippen LogP contribution < -0.4 is 0 Å². The van der Waals surface area contributed by atoms with Crippen molar-refractivity contribution in [2.45, 2.75) is 79.1 Å². The summed E-state index contributed by atoms with van der Waals surface area (Å²) in [6, 6.07) is 0. The predicted molar refractivity (Wildman–Crippen MR) is 73.6 cm³/mol. The van der Waals surface area contributed by atoms with Gasteiger partial charge in [-0.15, -0.1) is 0 Å². The zero-order valence-corrected chi connectivity index (χ0v) is 12.0. The lowest BCUT2D eigenvalue weighted by Crippen LogP contribution is -2.20. The van der Waals surface area contributed by atoms with E-state index in [-0.39, 0.29) is 0 Å². The van der Waals surface area contributed by atoms with Gasteiger partial charge in [0, 0.05) is 0 Å². The first-order valence-electron chi connectivity index (χ1n) is 7.63. The first-order chi connectivity index (χ1) is 7.63. The van der Waals surface area contributed by atoms with Gasteiger partial charge in [-0.25, -0.2) is 0 Å². The minimum Gasteiger partial charge on any atom is -0.0651 e. The maximum atomic E-state index is 2.43. The number of hydrogen-bond donors (Lipinski definition) is 0. The van der Waals surface area contributed by atoms with Gasteiger partial charge in [0.25, 0.3) is 0 Å². The van der Waals surface area contributed by atoms with Crippen LogP contribution in [-0.2, 0) is 0 Å². The lowest BCUT2D eigenvalue weighted by Gasteiger charge is -2.32. The molecule has 0 heterocycles. The molecule has 1 saturated carbocycles. The van der Waals surface area contributed by atoms with Crippen molar-refractivity contribution in [3.05, 3.63) is 0 Å². The summed E-state index contributed by atoms with van der Waals surface area (Å²) in [6.07, 6.45) is 11.8. The average molecular weight is 224 g/mol. The van der Waals surface area contributed by atoms with Crippen LogP contribution in [0.4, 0.5) is 0 Å². The van der Waals surface area contributed by atoms with Gasteiger partial charge in [-0.2, -0.15) is 0 Å². The van der Waals surface area contributed by atoms with Crippen molar-refractivity contribution in [1.29, 1.82) is 0 Å². The molecule has 0 heteroatoms. The smallest absolute Gasteiger partial charge is 0.0386 e. The molecule has 0 amide bonds. The Kier molecular flexibility index (Phi) is 6.46. The van der Waals surface area contributed by atoms with Crippen molar-refractivity contribution in [2.24, 2.45) is 23.7 Å². The van der Waals surface area contributed by atoms with Gasteiger partial charge in [0.05, 0.1) is 0 Å². The first-order valence-corrected chi connectivity index (χ1v) is 7.63. The molecule has 1 aliphatic carbocycles. The third kappa shape index (κ3) is 4.89. The van der Waals surface area contributed by atoms with Crippen molar-refractivity contribution in [3.8, 4) is 0 Å². The molecule has 0 nitrogen and oxygen atoms in total. The molecule has 0 N–H and O–H groups in total. The predicted octanol–water partition coefficient (Wildman–Crippen LogP) is 5.67. The Hall–Kier alpha value is 0. The molecule has 1 unspecified atom stereocenters. The number of rotatable bonds is 6. The van der Waals surface area contributed by atoms with Gasteiger partial charge in [0.1, 0.15) is 0 Å². The van der Waals surface area contributed by atoms with Crippen LogP contribution in [0, 0.1) is 23.7 Å². The van der Waals surface area contributed by atoms with E-state index in [1.807, 2.05) is 0 Å². The maximum Gasteiger partial charge on any atom is -0.0386 e. The quantitative estimate of drug-likeness (QED) is 0.545. The van der Waals surface area contributed by atoms with E-state index < -0.39 is 0 Å². The summed E-state index contributed by atoms with van der Waals surface area (Å²) >= 11 is 0. The SMILES string of the molecule is CCC(CCCC(C)C)C1CCC(C)CC1. The molecule has 1 rings (SSSR count). The van der Waals surface area contributed by atoms with Crippen LogP contribution in [0.15, 0.2) is 0 Å². The lowest BCUT2D eigenvalue weighted by atomic mass is 9.74. The van der Waals surface area contributed by atoms with Crippen molar-refractivity contribution in [2.75, 3.05) is 0 Å². The van der Waals surface area contributed by atoms with Crippen LogP contribution >= 0.6 is 0 Å². The highest BCUT2D eigenvalue weighted by atomic mass is 14.3. The molecule has 0 spiro atoms. The van der Waals surface area contributed by atoms with Crippen LogP contribution in [0.2, 0.25) is 0 Å². The van der Waals surface area contributed by atoms with E-state index in [0.717, 1.165) is 23.7 Å². The Labute approximate surface area is 103 Å². The van der Waals surface area contributed by atoms with Gasteiger partial charge in [0.15, 0.2) is 0 Å². The standard InChI is InChI=1S/C16H32/c1-5-15(8-6-7-13(2)3)16-11-9-14(4)10-12-16/h13-16H,5-12H2,1-4H3. The molecule has 96 valence electrons. The Morgan fingerprint density at radius 2 is 1.62 bits per heavy atom. The second-order valence-electron chi connectivity index (χ2n) is 6.51. The fourth-order valence-electron chi connectivity index (χ4n) is 3.32. The van der Waals surface area contributed by atoms with E-state index in [4.69, 9.17) is 0 Å². The summed E-state index contributed by atoms with van der Waals surface area (Å²) in [6.45, 7) is 9.53. The van der Waals surface area contributed by atoms with Gasteiger partial charge in [-0.3, -0.25) is 0 Å². The van der Waals surface area contributed by atoms with Crippen LogP contribution in [-0.4, -0.2) is 0 Å². The van der Waals surface area contributed by atoms with Crippen molar-refractivity contribution >= 4 is 0 Å². The zero-order chi connectivity index (χ0) is 12.0. The van der Waals surface area contributed by atoms with Crippen molar-refractivity contribution < 1.29 is 0 Å². The molecule has 0 aromatic heterocycles. The molecule has 0 aromatic carbocycles. The van der Waals surface area contributed by atoms with Gasteiger partial charge in [0.2, 0.25) is 0 Å². The fourth-order valence-corrected chi connectivity index (χ4v) is 3.32. The Bertz CT molecular complexity index is 163. The van der Waals surface area contributed by atoms with Crippen LogP contribution in [0.25, 0.3) is 0 Å². The first kappa shape index (κ1) is 14.1. The summed E-state index contributed by atoms with van der Waals surface area (Å²) in [7, 11) is 0. The molecule has 16 heavy (non-hydrogen) atoms. The van der Waals surface area contributed by atoms with Crippen LogP contribution in [0.1, 0.15) is 79.1 Å². The van der Waals surface area contributed by atoms with Gasteiger partial charge in [-0.05, 0) is 36.5 Å². The van der Waals surface area contributed by atoms with Crippen molar-refractivity contribution in [1.82, 2.24) is 0 Å². The molecular formula is C16H32. The summed E-state index contributed by atoms with van der Waals surface area (Å²) < 4.78 is 0. The Balaban J connectivity index is 2.24. The van der Waals surface area contributed by atoms with Gasteiger partial charge < -0.3 is 0 Å². The molecule has 0 radical (unpaired) electrons. The monoisotopic (exact) mass is 224 g/mol. The molecule has 1 atom stereocenters. The Morgan fingerprint density at radius 1 is 1.00 bits per heavy atom. The highest BCUT2D eigenvalue weighted by molar-refractivity contribution is 4.76. The minimum absolute atomic E-state index is 0.892. The summed E-state index contributed by atoms with van der Waals surface area (Å²) in [5.41, 5.74) is 0. The topological polar surface area (TPSA) is 0 Å². The second kappa shape index (κ2) is 7.35. The van der Waals surface area contributed by atoms with E-state index in [1.165, 1.54) is 51.4 Å². The fraction of sp³-hybridized carbons (Fsp3) is 1.00. The lowest BCUT2D eigenvalue weighted by molar-refractivity contribution is 0.194. The maximum absolute atomic E-state index is 2.43. The van der Waals surface area contributed by atoms with E-state index in [2.05, 4.69) is 27.7 Å². The average Bonchev–Trinajstić information content (AvgIpc) is 2.26. The van der Waals surface area contributed by atoms with E-state index >= 15 is 0 Å². The largest absolute Gasteiger partial charge is 0.0651 e. The molecule has 0 aliphatic heterocycles. The highest BCUT2D eigenvalue weighted by Crippen LogP contribution is 2.36. The van der Waals surface area contributed by atoms with Gasteiger partial charge >= 0.3 is 0 Å². The zero-order valence-electron chi connectivity index (χ0n) is 12.0. The summed E-state index contributed by atoms with van der Waals surface area (Å²) in [5, 5.41) is 0. The summed E-state index contributed by atoms with van der Waals surface area (Å²) in [4.78, 5) is 0. The van der Waals surface area contributed by atoms with E-state index in [1.54, 1.807) is 0 Å². The normalized spacial score (nSPS) is 28.3. The van der Waals surface area contributed by atoms with Crippen molar-refractivity contribution in [3.63, 3.8) is 0 Å². The van der Waals surface area contributed by atoms with E-state index in [0.29, 0.717) is 0 Å². The molecule has 1 fully saturated rings. The van der Waals surface area contributed by atoms with E-state index in [9.17, 15) is 0 Å². The Morgan fingerprint density at radius 3 is 2.12 bits per heavy atom.